The van der Waals surface area contributed by atoms with Crippen LogP contribution in [0.5, 0.6) is 0 Å². The van der Waals surface area contributed by atoms with Gasteiger partial charge in [0.15, 0.2) is 0 Å². The average molecular weight is 331 g/mol. The Morgan fingerprint density at radius 3 is 2.78 bits per heavy atom. The molecule has 0 heterocycles. The first-order valence-corrected chi connectivity index (χ1v) is 7.46. The van der Waals surface area contributed by atoms with E-state index in [9.17, 15) is 23.1 Å². The summed E-state index contributed by atoms with van der Waals surface area (Å²) in [5.41, 5.74) is -0.336. The highest BCUT2D eigenvalue weighted by molar-refractivity contribution is 5.78. The molecule has 1 aliphatic rings. The van der Waals surface area contributed by atoms with E-state index in [-0.39, 0.29) is 24.5 Å². The van der Waals surface area contributed by atoms with Gasteiger partial charge in [-0.1, -0.05) is 12.1 Å². The second kappa shape index (κ2) is 7.31. The Kier molecular flexibility index (Phi) is 5.64. The highest BCUT2D eigenvalue weighted by atomic mass is 19.4. The van der Waals surface area contributed by atoms with Crippen molar-refractivity contribution in [1.29, 1.82) is 0 Å². The summed E-state index contributed by atoms with van der Waals surface area (Å²) in [6.45, 7) is 0.0411. The lowest BCUT2D eigenvalue weighted by Crippen LogP contribution is -2.41. The number of aliphatic hydroxyl groups excluding tert-OH is 1. The topological polar surface area (TPSA) is 58.6 Å². The Balaban J connectivity index is 1.92. The van der Waals surface area contributed by atoms with Gasteiger partial charge in [0, 0.05) is 19.6 Å². The van der Waals surface area contributed by atoms with E-state index < -0.39 is 17.8 Å². The number of ether oxygens (including phenoxy) is 1. The summed E-state index contributed by atoms with van der Waals surface area (Å²) in [6, 6.07) is 4.89. The second-order valence-corrected chi connectivity index (χ2v) is 5.77. The van der Waals surface area contributed by atoms with Crippen molar-refractivity contribution in [3.05, 3.63) is 35.4 Å². The number of nitrogens with one attached hydrogen (secondary N) is 1. The number of methoxy groups -OCH3 is 1. The predicted octanol–water partition coefficient (Wildman–Crippen LogP) is 2.50. The fourth-order valence-electron chi connectivity index (χ4n) is 2.80. The minimum Gasteiger partial charge on any atom is -0.390 e. The molecule has 1 aromatic carbocycles. The molecule has 0 saturated heterocycles. The van der Waals surface area contributed by atoms with Gasteiger partial charge >= 0.3 is 6.18 Å². The van der Waals surface area contributed by atoms with Crippen LogP contribution in [-0.2, 0) is 22.3 Å². The normalized spacial score (nSPS) is 25.2. The minimum atomic E-state index is -4.40. The highest BCUT2D eigenvalue weighted by Crippen LogP contribution is 2.30. The Morgan fingerprint density at radius 1 is 1.39 bits per heavy atom. The van der Waals surface area contributed by atoms with Gasteiger partial charge < -0.3 is 15.2 Å². The first kappa shape index (κ1) is 17.7. The maximum atomic E-state index is 12.7. The van der Waals surface area contributed by atoms with Crippen LogP contribution in [0.25, 0.3) is 0 Å². The van der Waals surface area contributed by atoms with E-state index in [2.05, 4.69) is 5.32 Å². The Bertz CT molecular complexity index is 548. The summed E-state index contributed by atoms with van der Waals surface area (Å²) in [4.78, 5) is 12.2. The lowest BCUT2D eigenvalue weighted by Gasteiger charge is -2.31. The molecule has 3 atom stereocenters. The second-order valence-electron chi connectivity index (χ2n) is 5.77. The Labute approximate surface area is 132 Å². The van der Waals surface area contributed by atoms with Crippen LogP contribution in [0.3, 0.4) is 0 Å². The van der Waals surface area contributed by atoms with E-state index in [0.717, 1.165) is 12.1 Å². The van der Waals surface area contributed by atoms with Gasteiger partial charge in [-0.3, -0.25) is 4.79 Å². The molecular formula is C16H20F3NO3. The maximum Gasteiger partial charge on any atom is 0.416 e. The SMILES string of the molecule is CO[C@@H]1C[C@H](C(=O)NCc2cccc(C(F)(F)F)c2)CC[C@@H]1O. The molecule has 0 bridgehead atoms. The van der Waals surface area contributed by atoms with Crippen molar-refractivity contribution in [3.63, 3.8) is 0 Å². The number of hydrogen-bond acceptors (Lipinski definition) is 3. The first-order valence-electron chi connectivity index (χ1n) is 7.46. The number of halogens is 3. The van der Waals surface area contributed by atoms with Crippen molar-refractivity contribution in [2.24, 2.45) is 5.92 Å². The van der Waals surface area contributed by atoms with E-state index in [4.69, 9.17) is 4.74 Å². The molecule has 1 aliphatic carbocycles. The van der Waals surface area contributed by atoms with E-state index in [0.29, 0.717) is 24.8 Å². The summed E-state index contributed by atoms with van der Waals surface area (Å²) in [5.74, 6) is -0.523. The lowest BCUT2D eigenvalue weighted by molar-refractivity contribution is -0.137. The zero-order chi connectivity index (χ0) is 17.0. The molecule has 0 radical (unpaired) electrons. The van der Waals surface area contributed by atoms with Gasteiger partial charge in [-0.15, -0.1) is 0 Å². The summed E-state index contributed by atoms with van der Waals surface area (Å²) < 4.78 is 43.1. The molecule has 1 amide bonds. The van der Waals surface area contributed by atoms with Crippen molar-refractivity contribution in [2.75, 3.05) is 7.11 Å². The summed E-state index contributed by atoms with van der Waals surface area (Å²) in [7, 11) is 1.48. The zero-order valence-electron chi connectivity index (χ0n) is 12.8. The van der Waals surface area contributed by atoms with Gasteiger partial charge in [0.05, 0.1) is 17.8 Å². The van der Waals surface area contributed by atoms with Crippen molar-refractivity contribution >= 4 is 5.91 Å². The summed E-state index contributed by atoms with van der Waals surface area (Å²) in [6.07, 6.45) is -3.94. The number of alkyl halides is 3. The first-order chi connectivity index (χ1) is 10.8. The van der Waals surface area contributed by atoms with Crippen molar-refractivity contribution in [3.8, 4) is 0 Å². The van der Waals surface area contributed by atoms with Crippen LogP contribution >= 0.6 is 0 Å². The van der Waals surface area contributed by atoms with Crippen LogP contribution in [0.1, 0.15) is 30.4 Å². The fourth-order valence-corrected chi connectivity index (χ4v) is 2.80. The quantitative estimate of drug-likeness (QED) is 0.891. The zero-order valence-corrected chi connectivity index (χ0v) is 12.8. The number of carbonyl (C=O) groups is 1. The molecule has 7 heteroatoms. The molecule has 23 heavy (non-hydrogen) atoms. The van der Waals surface area contributed by atoms with Crippen LogP contribution < -0.4 is 5.32 Å². The van der Waals surface area contributed by atoms with E-state index in [1.807, 2.05) is 0 Å². The number of rotatable bonds is 4. The molecule has 0 aliphatic heterocycles. The van der Waals surface area contributed by atoms with Gasteiger partial charge in [0.25, 0.3) is 0 Å². The molecule has 0 spiro atoms. The van der Waals surface area contributed by atoms with Gasteiger partial charge in [-0.25, -0.2) is 0 Å². The number of aliphatic hydroxyl groups is 1. The van der Waals surface area contributed by atoms with Gasteiger partial charge in [-0.2, -0.15) is 13.2 Å². The largest absolute Gasteiger partial charge is 0.416 e. The molecule has 1 aromatic rings. The number of carbonyl (C=O) groups excluding carboxylic acids is 1. The van der Waals surface area contributed by atoms with Gasteiger partial charge in [0.2, 0.25) is 5.91 Å². The van der Waals surface area contributed by atoms with E-state index in [1.54, 1.807) is 0 Å². The minimum absolute atomic E-state index is 0.0411. The summed E-state index contributed by atoms with van der Waals surface area (Å²) >= 11 is 0. The van der Waals surface area contributed by atoms with Gasteiger partial charge in [-0.05, 0) is 37.0 Å². The fraction of sp³-hybridized carbons (Fsp3) is 0.562. The van der Waals surface area contributed by atoms with Crippen molar-refractivity contribution in [2.45, 2.75) is 44.2 Å². The van der Waals surface area contributed by atoms with E-state index in [1.165, 1.54) is 19.2 Å². The number of benzene rings is 1. The van der Waals surface area contributed by atoms with Crippen molar-refractivity contribution < 1.29 is 27.8 Å². The third kappa shape index (κ3) is 4.68. The standard InChI is InChI=1S/C16H20F3NO3/c1-23-14-8-11(5-6-13(14)21)15(22)20-9-10-3-2-4-12(7-10)16(17,18)19/h2-4,7,11,13-14,21H,5-6,8-9H2,1H3,(H,20,22)/t11-,13+,14-/m1/s1. The monoisotopic (exact) mass is 331 g/mol. The van der Waals surface area contributed by atoms with E-state index >= 15 is 0 Å². The smallest absolute Gasteiger partial charge is 0.390 e. The van der Waals surface area contributed by atoms with Crippen LogP contribution in [0.15, 0.2) is 24.3 Å². The molecule has 4 nitrogen and oxygen atoms in total. The van der Waals surface area contributed by atoms with Crippen LogP contribution in [0, 0.1) is 5.92 Å². The molecule has 1 fully saturated rings. The number of amides is 1. The third-order valence-corrected chi connectivity index (χ3v) is 4.15. The molecule has 128 valence electrons. The maximum absolute atomic E-state index is 12.7. The summed E-state index contributed by atoms with van der Waals surface area (Å²) in [5, 5.41) is 12.4. The average Bonchev–Trinajstić information content (AvgIpc) is 2.52. The van der Waals surface area contributed by atoms with Crippen LogP contribution in [-0.4, -0.2) is 30.3 Å². The van der Waals surface area contributed by atoms with Crippen LogP contribution in [0.2, 0.25) is 0 Å². The molecule has 0 unspecified atom stereocenters. The predicted molar refractivity (Wildman–Crippen MR) is 77.4 cm³/mol. The lowest BCUT2D eigenvalue weighted by atomic mass is 9.84. The van der Waals surface area contributed by atoms with Crippen LogP contribution in [0.4, 0.5) is 13.2 Å². The molecular weight excluding hydrogens is 311 g/mol. The highest BCUT2D eigenvalue weighted by Gasteiger charge is 2.33. The molecule has 0 aromatic heterocycles. The van der Waals surface area contributed by atoms with Crippen molar-refractivity contribution in [1.82, 2.24) is 5.32 Å². The Hall–Kier alpha value is -1.60. The number of hydrogen-bond donors (Lipinski definition) is 2. The molecule has 2 N–H and O–H groups in total. The molecule has 2 rings (SSSR count). The third-order valence-electron chi connectivity index (χ3n) is 4.15. The van der Waals surface area contributed by atoms with Gasteiger partial charge in [0.1, 0.15) is 0 Å². The Morgan fingerprint density at radius 2 is 2.13 bits per heavy atom. The molecule has 1 saturated carbocycles.